The second kappa shape index (κ2) is 3.87. The molecule has 0 radical (unpaired) electrons. The second-order valence-electron chi connectivity index (χ2n) is 2.78. The van der Waals surface area contributed by atoms with E-state index in [0.29, 0.717) is 0 Å². The third-order valence-electron chi connectivity index (χ3n) is 1.58. The van der Waals surface area contributed by atoms with E-state index in [0.717, 1.165) is 11.1 Å². The number of rotatable bonds is 3. The molecule has 0 saturated carbocycles. The van der Waals surface area contributed by atoms with Crippen molar-refractivity contribution in [1.82, 2.24) is 4.72 Å². The number of hydrogen-bond donors (Lipinski definition) is 2. The maximum atomic E-state index is 10.3. The average Bonchev–Trinajstić information content (AvgIpc) is 2.02. The van der Waals surface area contributed by atoms with Gasteiger partial charge in [0.1, 0.15) is 0 Å². The molecule has 0 saturated heterocycles. The fourth-order valence-electron chi connectivity index (χ4n) is 0.880. The molecular weight excluding hydrogens is 190 g/mol. The van der Waals surface area contributed by atoms with Gasteiger partial charge in [-0.05, 0) is 12.5 Å². The van der Waals surface area contributed by atoms with Crippen molar-refractivity contribution in [3.05, 3.63) is 35.4 Å². The molecule has 0 aliphatic carbocycles. The first-order valence-electron chi connectivity index (χ1n) is 3.75. The van der Waals surface area contributed by atoms with Crippen LogP contribution in [0.2, 0.25) is 0 Å². The summed E-state index contributed by atoms with van der Waals surface area (Å²) in [5.74, 6) is 0. The smallest absolute Gasteiger partial charge is 0.273 e. The summed E-state index contributed by atoms with van der Waals surface area (Å²) < 4.78 is 31.0. The zero-order valence-electron chi connectivity index (χ0n) is 7.19. The zero-order valence-corrected chi connectivity index (χ0v) is 8.00. The van der Waals surface area contributed by atoms with E-state index >= 15 is 0 Å². The Morgan fingerprint density at radius 2 is 1.85 bits per heavy atom. The Morgan fingerprint density at radius 1 is 1.31 bits per heavy atom. The summed E-state index contributed by atoms with van der Waals surface area (Å²) in [6.07, 6.45) is 0. The van der Waals surface area contributed by atoms with Crippen LogP contribution in [0, 0.1) is 6.92 Å². The summed E-state index contributed by atoms with van der Waals surface area (Å²) in [5, 5.41) is 0. The van der Waals surface area contributed by atoms with Gasteiger partial charge in [-0.3, -0.25) is 4.55 Å². The van der Waals surface area contributed by atoms with Crippen molar-refractivity contribution in [2.24, 2.45) is 0 Å². The van der Waals surface area contributed by atoms with E-state index in [4.69, 9.17) is 4.55 Å². The Kier molecular flexibility index (Phi) is 3.02. The minimum Gasteiger partial charge on any atom is -0.273 e. The van der Waals surface area contributed by atoms with Gasteiger partial charge in [0.2, 0.25) is 0 Å². The van der Waals surface area contributed by atoms with Crippen LogP contribution in [0.3, 0.4) is 0 Å². The summed E-state index contributed by atoms with van der Waals surface area (Å²) in [6.45, 7) is 2.05. The van der Waals surface area contributed by atoms with E-state index in [1.54, 1.807) is 12.1 Å². The van der Waals surface area contributed by atoms with Gasteiger partial charge < -0.3 is 0 Å². The van der Waals surface area contributed by atoms with E-state index in [2.05, 4.69) is 0 Å². The van der Waals surface area contributed by atoms with E-state index in [9.17, 15) is 8.42 Å². The van der Waals surface area contributed by atoms with Gasteiger partial charge in [0.05, 0.1) is 0 Å². The minimum atomic E-state index is -4.08. The van der Waals surface area contributed by atoms with E-state index in [1.807, 2.05) is 23.8 Å². The summed E-state index contributed by atoms with van der Waals surface area (Å²) in [4.78, 5) is 0. The standard InChI is InChI=1S/C8H11NO3S/c1-7-2-4-8(5-3-7)6-9-13(10,11)12/h2-5,9H,6H2,1H3,(H,10,11,12). The van der Waals surface area contributed by atoms with Gasteiger partial charge in [-0.25, -0.2) is 0 Å². The first kappa shape index (κ1) is 10.2. The molecule has 0 unspecified atom stereocenters. The monoisotopic (exact) mass is 201 g/mol. The Bertz CT molecular complexity index is 369. The van der Waals surface area contributed by atoms with Crippen molar-refractivity contribution < 1.29 is 13.0 Å². The van der Waals surface area contributed by atoms with Gasteiger partial charge in [0, 0.05) is 6.54 Å². The highest BCUT2D eigenvalue weighted by Gasteiger charge is 2.01. The van der Waals surface area contributed by atoms with Crippen LogP contribution >= 0.6 is 0 Å². The predicted molar refractivity (Wildman–Crippen MR) is 49.6 cm³/mol. The molecule has 0 aromatic heterocycles. The van der Waals surface area contributed by atoms with Crippen molar-refractivity contribution in [1.29, 1.82) is 0 Å². The molecule has 0 bridgehead atoms. The molecule has 2 N–H and O–H groups in total. The molecule has 13 heavy (non-hydrogen) atoms. The molecule has 1 rings (SSSR count). The fraction of sp³-hybridized carbons (Fsp3) is 0.250. The molecule has 0 atom stereocenters. The molecule has 0 spiro atoms. The van der Waals surface area contributed by atoms with Gasteiger partial charge in [0.25, 0.3) is 0 Å². The molecule has 0 fully saturated rings. The highest BCUT2D eigenvalue weighted by molar-refractivity contribution is 7.83. The van der Waals surface area contributed by atoms with Gasteiger partial charge in [0.15, 0.2) is 0 Å². The Balaban J connectivity index is 2.61. The molecule has 4 nitrogen and oxygen atoms in total. The van der Waals surface area contributed by atoms with Crippen LogP contribution in [0.15, 0.2) is 24.3 Å². The molecule has 0 aliphatic rings. The van der Waals surface area contributed by atoms with Crippen molar-refractivity contribution in [3.8, 4) is 0 Å². The normalized spacial score (nSPS) is 11.5. The van der Waals surface area contributed by atoms with Crippen molar-refractivity contribution in [2.75, 3.05) is 0 Å². The number of aryl methyl sites for hydroxylation is 1. The lowest BCUT2D eigenvalue weighted by Crippen LogP contribution is -2.21. The van der Waals surface area contributed by atoms with E-state index in [-0.39, 0.29) is 6.54 Å². The van der Waals surface area contributed by atoms with Crippen LogP contribution in [0.1, 0.15) is 11.1 Å². The third kappa shape index (κ3) is 4.02. The van der Waals surface area contributed by atoms with Crippen molar-refractivity contribution >= 4 is 10.3 Å². The SMILES string of the molecule is Cc1ccc(CNS(=O)(=O)O)cc1. The summed E-state index contributed by atoms with van der Waals surface area (Å²) in [5.41, 5.74) is 1.92. The summed E-state index contributed by atoms with van der Waals surface area (Å²) in [7, 11) is -4.08. The fourth-order valence-corrected chi connectivity index (χ4v) is 1.23. The van der Waals surface area contributed by atoms with Gasteiger partial charge in [-0.15, -0.1) is 0 Å². The van der Waals surface area contributed by atoms with Gasteiger partial charge >= 0.3 is 10.3 Å². The van der Waals surface area contributed by atoms with Crippen LogP contribution < -0.4 is 4.72 Å². The topological polar surface area (TPSA) is 66.4 Å². The summed E-state index contributed by atoms with van der Waals surface area (Å²) in [6, 6.07) is 7.35. The molecule has 0 heterocycles. The lowest BCUT2D eigenvalue weighted by molar-refractivity contribution is 0.467. The van der Waals surface area contributed by atoms with E-state index < -0.39 is 10.3 Å². The average molecular weight is 201 g/mol. The number of nitrogens with one attached hydrogen (secondary N) is 1. The zero-order chi connectivity index (χ0) is 9.90. The molecule has 1 aromatic rings. The Morgan fingerprint density at radius 3 is 2.31 bits per heavy atom. The van der Waals surface area contributed by atoms with Crippen LogP contribution in [-0.2, 0) is 16.8 Å². The van der Waals surface area contributed by atoms with Crippen molar-refractivity contribution in [3.63, 3.8) is 0 Å². The second-order valence-corrected chi connectivity index (χ2v) is 4.02. The van der Waals surface area contributed by atoms with Crippen LogP contribution in [0.4, 0.5) is 0 Å². The number of hydrogen-bond acceptors (Lipinski definition) is 2. The van der Waals surface area contributed by atoms with Crippen LogP contribution in [-0.4, -0.2) is 13.0 Å². The van der Waals surface area contributed by atoms with E-state index in [1.165, 1.54) is 0 Å². The highest BCUT2D eigenvalue weighted by Crippen LogP contribution is 2.02. The minimum absolute atomic E-state index is 0.110. The van der Waals surface area contributed by atoms with Gasteiger partial charge in [-0.2, -0.15) is 13.1 Å². The lowest BCUT2D eigenvalue weighted by Gasteiger charge is -2.01. The van der Waals surface area contributed by atoms with Gasteiger partial charge in [-0.1, -0.05) is 29.8 Å². The summed E-state index contributed by atoms with van der Waals surface area (Å²) >= 11 is 0. The highest BCUT2D eigenvalue weighted by atomic mass is 32.2. The largest absolute Gasteiger partial charge is 0.333 e. The Labute approximate surface area is 77.5 Å². The van der Waals surface area contributed by atoms with Crippen molar-refractivity contribution in [2.45, 2.75) is 13.5 Å². The first-order chi connectivity index (χ1) is 5.97. The Hall–Kier alpha value is -0.910. The molecule has 72 valence electrons. The third-order valence-corrected chi connectivity index (χ3v) is 2.09. The molecule has 1 aromatic carbocycles. The first-order valence-corrected chi connectivity index (χ1v) is 5.19. The molecular formula is C8H11NO3S. The number of benzene rings is 1. The molecule has 0 aliphatic heterocycles. The molecule has 0 amide bonds. The quantitative estimate of drug-likeness (QED) is 0.714. The van der Waals surface area contributed by atoms with Crippen LogP contribution in [0.25, 0.3) is 0 Å². The predicted octanol–water partition coefficient (Wildman–Crippen LogP) is 0.887. The molecule has 5 heteroatoms. The lowest BCUT2D eigenvalue weighted by atomic mass is 10.2. The maximum absolute atomic E-state index is 10.3. The van der Waals surface area contributed by atoms with Crippen LogP contribution in [0.5, 0.6) is 0 Å². The maximum Gasteiger partial charge on any atom is 0.333 e.